The number of fused-ring (bicyclic) bond motifs is 1. The summed E-state index contributed by atoms with van der Waals surface area (Å²) in [7, 11) is 0. The Hall–Kier alpha value is -2.36. The average molecular weight is 362 g/mol. The number of anilines is 1. The van der Waals surface area contributed by atoms with Gasteiger partial charge in [0.15, 0.2) is 16.3 Å². The first-order valence-corrected chi connectivity index (χ1v) is 8.23. The van der Waals surface area contributed by atoms with Crippen molar-refractivity contribution in [2.24, 2.45) is 0 Å². The lowest BCUT2D eigenvalue weighted by Gasteiger charge is -2.10. The summed E-state index contributed by atoms with van der Waals surface area (Å²) in [5, 5.41) is 8.25. The van der Waals surface area contributed by atoms with E-state index >= 15 is 0 Å². The zero-order chi connectivity index (χ0) is 17.2. The summed E-state index contributed by atoms with van der Waals surface area (Å²) in [5.74, 6) is 0.0787. The second-order valence-electron chi connectivity index (χ2n) is 5.71. The fourth-order valence-corrected chi connectivity index (χ4v) is 2.85. The van der Waals surface area contributed by atoms with E-state index in [0.717, 1.165) is 24.4 Å². The third-order valence-electron chi connectivity index (χ3n) is 3.87. The van der Waals surface area contributed by atoms with Gasteiger partial charge < -0.3 is 15.2 Å². The lowest BCUT2D eigenvalue weighted by molar-refractivity contribution is 0.0301. The molecule has 1 aliphatic heterocycles. The van der Waals surface area contributed by atoms with Crippen LogP contribution in [0.3, 0.4) is 0 Å². The van der Waals surface area contributed by atoms with Crippen LogP contribution in [0.2, 0.25) is 5.15 Å². The highest BCUT2D eigenvalue weighted by Gasteiger charge is 2.16. The molecule has 1 saturated heterocycles. The van der Waals surface area contributed by atoms with E-state index in [9.17, 15) is 0 Å². The predicted molar refractivity (Wildman–Crippen MR) is 89.9 cm³/mol. The Morgan fingerprint density at radius 2 is 2.16 bits per heavy atom. The maximum absolute atomic E-state index is 6.02. The third kappa shape index (κ3) is 3.53. The quantitative estimate of drug-likeness (QED) is 0.674. The van der Waals surface area contributed by atoms with Gasteiger partial charge in [-0.05, 0) is 18.6 Å². The van der Waals surface area contributed by atoms with Crippen LogP contribution in [0.4, 0.5) is 5.95 Å². The first kappa shape index (κ1) is 16.1. The number of hydrogen-bond acceptors (Lipinski definition) is 8. The molecular weight excluding hydrogens is 346 g/mol. The van der Waals surface area contributed by atoms with Gasteiger partial charge in [-0.2, -0.15) is 9.97 Å². The summed E-state index contributed by atoms with van der Waals surface area (Å²) in [6.45, 7) is 2.24. The molecule has 0 aromatic carbocycles. The molecule has 4 heterocycles. The minimum atomic E-state index is 0.0787. The van der Waals surface area contributed by atoms with Gasteiger partial charge in [0, 0.05) is 6.61 Å². The van der Waals surface area contributed by atoms with Crippen LogP contribution < -0.4 is 5.73 Å². The van der Waals surface area contributed by atoms with Crippen LogP contribution in [0.25, 0.3) is 11.2 Å². The van der Waals surface area contributed by atoms with Crippen LogP contribution in [0.5, 0.6) is 0 Å². The molecule has 4 rings (SSSR count). The second-order valence-corrected chi connectivity index (χ2v) is 6.07. The number of nitrogens with zero attached hydrogens (tertiary/aromatic N) is 6. The van der Waals surface area contributed by atoms with Crippen LogP contribution in [-0.2, 0) is 22.6 Å². The minimum Gasteiger partial charge on any atom is -0.379 e. The first-order valence-electron chi connectivity index (χ1n) is 7.85. The van der Waals surface area contributed by atoms with E-state index < -0.39 is 0 Å². The fraction of sp³-hybridized carbons (Fsp3) is 0.400. The maximum Gasteiger partial charge on any atom is 0.223 e. The molecule has 0 bridgehead atoms. The van der Waals surface area contributed by atoms with Crippen molar-refractivity contribution < 1.29 is 9.47 Å². The summed E-state index contributed by atoms with van der Waals surface area (Å²) in [6.07, 6.45) is 1.07. The van der Waals surface area contributed by atoms with Gasteiger partial charge in [0.25, 0.3) is 0 Å². The van der Waals surface area contributed by atoms with E-state index in [1.54, 1.807) is 4.68 Å². The van der Waals surface area contributed by atoms with Gasteiger partial charge in [-0.1, -0.05) is 22.9 Å². The van der Waals surface area contributed by atoms with Crippen LogP contribution in [0.1, 0.15) is 17.8 Å². The Morgan fingerprint density at radius 3 is 3.00 bits per heavy atom. The summed E-state index contributed by atoms with van der Waals surface area (Å²) >= 11 is 6.02. The number of pyridine rings is 1. The molecule has 0 amide bonds. The van der Waals surface area contributed by atoms with E-state index in [1.807, 2.05) is 18.2 Å². The van der Waals surface area contributed by atoms with Crippen LogP contribution in [0.15, 0.2) is 18.2 Å². The Morgan fingerprint density at radius 1 is 1.28 bits per heavy atom. The molecule has 130 valence electrons. The smallest absolute Gasteiger partial charge is 0.223 e. The van der Waals surface area contributed by atoms with E-state index in [2.05, 4.69) is 25.3 Å². The van der Waals surface area contributed by atoms with E-state index in [-0.39, 0.29) is 17.2 Å². The average Bonchev–Trinajstić information content (AvgIpc) is 3.24. The first-order chi connectivity index (χ1) is 12.2. The van der Waals surface area contributed by atoms with E-state index in [4.69, 9.17) is 26.8 Å². The molecule has 3 aromatic heterocycles. The Bertz CT molecular complexity index is 895. The lowest BCUT2D eigenvalue weighted by atomic mass is 10.3. The number of ether oxygens (including phenoxy) is 2. The highest BCUT2D eigenvalue weighted by atomic mass is 35.5. The summed E-state index contributed by atoms with van der Waals surface area (Å²) in [6, 6.07) is 5.76. The highest BCUT2D eigenvalue weighted by molar-refractivity contribution is 6.33. The molecule has 0 unspecified atom stereocenters. The highest BCUT2D eigenvalue weighted by Crippen LogP contribution is 2.19. The largest absolute Gasteiger partial charge is 0.379 e. The molecule has 0 aliphatic carbocycles. The summed E-state index contributed by atoms with van der Waals surface area (Å²) in [4.78, 5) is 12.6. The van der Waals surface area contributed by atoms with Gasteiger partial charge in [-0.3, -0.25) is 4.98 Å². The molecule has 0 spiro atoms. The molecule has 2 N–H and O–H groups in total. The SMILES string of the molecule is Nc1nc(Cl)c2nnn(Cc3cccc(CO[C@H]4CCOC4)n3)c2n1. The van der Waals surface area contributed by atoms with Crippen LogP contribution in [-0.4, -0.2) is 49.3 Å². The zero-order valence-corrected chi connectivity index (χ0v) is 14.1. The Kier molecular flexibility index (Phi) is 4.43. The van der Waals surface area contributed by atoms with Crippen molar-refractivity contribution in [3.63, 3.8) is 0 Å². The van der Waals surface area contributed by atoms with E-state index in [1.165, 1.54) is 0 Å². The molecule has 10 heteroatoms. The number of nitrogens with two attached hydrogens (primary N) is 1. The lowest BCUT2D eigenvalue weighted by Crippen LogP contribution is -2.13. The minimum absolute atomic E-state index is 0.0787. The van der Waals surface area contributed by atoms with Gasteiger partial charge in [-0.25, -0.2) is 4.68 Å². The van der Waals surface area contributed by atoms with Crippen molar-refractivity contribution in [3.05, 3.63) is 34.7 Å². The zero-order valence-electron chi connectivity index (χ0n) is 13.3. The summed E-state index contributed by atoms with van der Waals surface area (Å²) in [5.41, 5.74) is 8.20. The molecule has 1 aliphatic rings. The third-order valence-corrected chi connectivity index (χ3v) is 4.13. The Balaban J connectivity index is 1.52. The van der Waals surface area contributed by atoms with Crippen molar-refractivity contribution in [3.8, 4) is 0 Å². The van der Waals surface area contributed by atoms with Crippen molar-refractivity contribution in [2.75, 3.05) is 18.9 Å². The molecule has 9 nitrogen and oxygen atoms in total. The molecule has 0 saturated carbocycles. The summed E-state index contributed by atoms with van der Waals surface area (Å²) < 4.78 is 12.7. The van der Waals surface area contributed by atoms with Crippen LogP contribution >= 0.6 is 11.6 Å². The van der Waals surface area contributed by atoms with Gasteiger partial charge in [0.2, 0.25) is 5.95 Å². The molecule has 1 atom stereocenters. The molecular formula is C15H16ClN7O2. The fourth-order valence-electron chi connectivity index (χ4n) is 2.64. The molecule has 0 radical (unpaired) electrons. The van der Waals surface area contributed by atoms with Crippen molar-refractivity contribution in [1.29, 1.82) is 0 Å². The molecule has 25 heavy (non-hydrogen) atoms. The number of halogens is 1. The number of hydrogen-bond donors (Lipinski definition) is 1. The normalized spacial score (nSPS) is 17.4. The predicted octanol–water partition coefficient (Wildman–Crippen LogP) is 1.21. The van der Waals surface area contributed by atoms with Crippen molar-refractivity contribution in [2.45, 2.75) is 25.7 Å². The van der Waals surface area contributed by atoms with Gasteiger partial charge in [0.05, 0.1) is 37.3 Å². The van der Waals surface area contributed by atoms with Gasteiger partial charge >= 0.3 is 0 Å². The molecule has 1 fully saturated rings. The van der Waals surface area contributed by atoms with E-state index in [0.29, 0.717) is 30.9 Å². The van der Waals surface area contributed by atoms with Crippen LogP contribution in [0, 0.1) is 0 Å². The van der Waals surface area contributed by atoms with Gasteiger partial charge in [0.1, 0.15) is 0 Å². The standard InChI is InChI=1S/C15H16ClN7O2/c16-13-12-14(20-15(17)19-13)23(22-21-12)6-9-2-1-3-10(18-9)7-25-11-4-5-24-8-11/h1-3,11H,4-8H2,(H2,17,19,20)/t11-/m0/s1. The van der Waals surface area contributed by atoms with Crippen molar-refractivity contribution in [1.82, 2.24) is 29.9 Å². The Labute approximate surface area is 148 Å². The molecule has 3 aromatic rings. The maximum atomic E-state index is 6.02. The number of rotatable bonds is 5. The van der Waals surface area contributed by atoms with Crippen molar-refractivity contribution >= 4 is 28.7 Å². The number of nitrogen functional groups attached to an aromatic ring is 1. The number of aromatic nitrogens is 6. The topological polar surface area (TPSA) is 114 Å². The second kappa shape index (κ2) is 6.87. The van der Waals surface area contributed by atoms with Gasteiger partial charge in [-0.15, -0.1) is 5.10 Å². The monoisotopic (exact) mass is 361 g/mol.